The van der Waals surface area contributed by atoms with Crippen LogP contribution in [-0.2, 0) is 4.79 Å². The number of anilines is 1. The van der Waals surface area contributed by atoms with Crippen LogP contribution in [0.2, 0.25) is 0 Å². The van der Waals surface area contributed by atoms with Gasteiger partial charge in [0.1, 0.15) is 0 Å². The fraction of sp³-hybridized carbons (Fsp3) is 0.579. The predicted molar refractivity (Wildman–Crippen MR) is 93.6 cm³/mol. The standard InChI is InChI=1S/C19H28N2O2/c1-12-6-5-7-18(13(12)2)20-14(3)19(23)21-17-10-8-16(9-11-17)15(4)22/h8-14,18,20H,5-7H2,1-4H3,(H,21,23)/t12-,13-,14+,18-/m1/s1. The number of hydrogen-bond acceptors (Lipinski definition) is 3. The van der Waals surface area contributed by atoms with E-state index in [1.54, 1.807) is 24.3 Å². The van der Waals surface area contributed by atoms with E-state index in [4.69, 9.17) is 0 Å². The molecule has 2 N–H and O–H groups in total. The van der Waals surface area contributed by atoms with Crippen molar-refractivity contribution in [3.8, 4) is 0 Å². The average Bonchev–Trinajstić information content (AvgIpc) is 2.52. The second-order valence-electron chi connectivity index (χ2n) is 6.88. The Hall–Kier alpha value is -1.68. The molecule has 1 aliphatic rings. The van der Waals surface area contributed by atoms with Crippen molar-refractivity contribution >= 4 is 17.4 Å². The van der Waals surface area contributed by atoms with Crippen LogP contribution in [0.3, 0.4) is 0 Å². The first-order valence-corrected chi connectivity index (χ1v) is 8.56. The van der Waals surface area contributed by atoms with Crippen molar-refractivity contribution in [2.24, 2.45) is 11.8 Å². The van der Waals surface area contributed by atoms with Crippen LogP contribution in [-0.4, -0.2) is 23.8 Å². The molecule has 1 aliphatic carbocycles. The molecule has 0 spiro atoms. The molecule has 1 amide bonds. The first-order chi connectivity index (χ1) is 10.9. The number of carbonyl (C=O) groups excluding carboxylic acids is 2. The van der Waals surface area contributed by atoms with E-state index >= 15 is 0 Å². The van der Waals surface area contributed by atoms with Crippen molar-refractivity contribution < 1.29 is 9.59 Å². The largest absolute Gasteiger partial charge is 0.325 e. The third-order valence-electron chi connectivity index (χ3n) is 5.12. The van der Waals surface area contributed by atoms with Gasteiger partial charge in [0.15, 0.2) is 5.78 Å². The van der Waals surface area contributed by atoms with Gasteiger partial charge in [-0.25, -0.2) is 0 Å². The summed E-state index contributed by atoms with van der Waals surface area (Å²) < 4.78 is 0. The van der Waals surface area contributed by atoms with Gasteiger partial charge in [0.2, 0.25) is 5.91 Å². The molecule has 0 bridgehead atoms. The summed E-state index contributed by atoms with van der Waals surface area (Å²) in [6, 6.07) is 7.18. The summed E-state index contributed by atoms with van der Waals surface area (Å²) in [5.41, 5.74) is 1.37. The number of hydrogen-bond donors (Lipinski definition) is 2. The monoisotopic (exact) mass is 316 g/mol. The van der Waals surface area contributed by atoms with Gasteiger partial charge in [0.05, 0.1) is 6.04 Å². The highest BCUT2D eigenvalue weighted by molar-refractivity contribution is 5.96. The number of carbonyl (C=O) groups is 2. The Kier molecular flexibility index (Phi) is 5.94. The molecule has 1 saturated carbocycles. The number of Topliss-reactive ketones (excluding diaryl/α,β-unsaturated/α-hetero) is 1. The second kappa shape index (κ2) is 7.73. The molecule has 4 atom stereocenters. The third kappa shape index (κ3) is 4.64. The van der Waals surface area contributed by atoms with E-state index in [1.165, 1.54) is 19.8 Å². The summed E-state index contributed by atoms with van der Waals surface area (Å²) >= 11 is 0. The maximum atomic E-state index is 12.4. The lowest BCUT2D eigenvalue weighted by Gasteiger charge is -2.36. The Balaban J connectivity index is 1.90. The van der Waals surface area contributed by atoms with Crippen LogP contribution >= 0.6 is 0 Å². The lowest BCUT2D eigenvalue weighted by atomic mass is 9.78. The summed E-state index contributed by atoms with van der Waals surface area (Å²) in [6.07, 6.45) is 3.64. The van der Waals surface area contributed by atoms with E-state index < -0.39 is 0 Å². The first-order valence-electron chi connectivity index (χ1n) is 8.56. The zero-order chi connectivity index (χ0) is 17.0. The Morgan fingerprint density at radius 2 is 1.78 bits per heavy atom. The zero-order valence-corrected chi connectivity index (χ0v) is 14.6. The normalized spacial score (nSPS) is 25.7. The Bertz CT molecular complexity index is 553. The van der Waals surface area contributed by atoms with Gasteiger partial charge in [0, 0.05) is 17.3 Å². The summed E-state index contributed by atoms with van der Waals surface area (Å²) in [6.45, 7) is 8.00. The molecule has 0 saturated heterocycles. The van der Waals surface area contributed by atoms with Gasteiger partial charge in [0.25, 0.3) is 0 Å². The molecule has 23 heavy (non-hydrogen) atoms. The molecule has 2 rings (SSSR count). The highest BCUT2D eigenvalue weighted by atomic mass is 16.2. The molecule has 1 aromatic rings. The van der Waals surface area contributed by atoms with E-state index in [-0.39, 0.29) is 17.7 Å². The molecule has 4 heteroatoms. The van der Waals surface area contributed by atoms with Crippen LogP contribution in [0.1, 0.15) is 57.3 Å². The van der Waals surface area contributed by atoms with Crippen molar-refractivity contribution in [3.05, 3.63) is 29.8 Å². The summed E-state index contributed by atoms with van der Waals surface area (Å²) in [5, 5.41) is 6.39. The number of ketones is 1. The lowest BCUT2D eigenvalue weighted by molar-refractivity contribution is -0.118. The number of rotatable bonds is 5. The van der Waals surface area contributed by atoms with Crippen LogP contribution in [0.25, 0.3) is 0 Å². The van der Waals surface area contributed by atoms with Gasteiger partial charge in [-0.15, -0.1) is 0 Å². The van der Waals surface area contributed by atoms with Crippen molar-refractivity contribution in [2.75, 3.05) is 5.32 Å². The van der Waals surface area contributed by atoms with Crippen molar-refractivity contribution in [1.82, 2.24) is 5.32 Å². The third-order valence-corrected chi connectivity index (χ3v) is 5.12. The number of nitrogens with one attached hydrogen (secondary N) is 2. The van der Waals surface area contributed by atoms with Gasteiger partial charge in [-0.1, -0.05) is 26.7 Å². The predicted octanol–water partition coefficient (Wildman–Crippen LogP) is 3.63. The van der Waals surface area contributed by atoms with Crippen molar-refractivity contribution in [2.45, 2.75) is 59.0 Å². The molecule has 0 radical (unpaired) electrons. The van der Waals surface area contributed by atoms with E-state index in [1.807, 2.05) is 6.92 Å². The molecule has 1 aromatic carbocycles. The molecule has 4 nitrogen and oxygen atoms in total. The SMILES string of the molecule is CC(=O)c1ccc(NC(=O)[C@H](C)N[C@@H]2CCC[C@@H](C)[C@H]2C)cc1. The fourth-order valence-electron chi connectivity index (χ4n) is 3.25. The molecule has 0 unspecified atom stereocenters. The lowest BCUT2D eigenvalue weighted by Crippen LogP contribution is -2.49. The highest BCUT2D eigenvalue weighted by Gasteiger charge is 2.29. The highest BCUT2D eigenvalue weighted by Crippen LogP contribution is 2.29. The summed E-state index contributed by atoms with van der Waals surface area (Å²) in [5.74, 6) is 1.29. The van der Waals surface area contributed by atoms with Gasteiger partial charge >= 0.3 is 0 Å². The topological polar surface area (TPSA) is 58.2 Å². The van der Waals surface area contributed by atoms with Gasteiger partial charge in [-0.2, -0.15) is 0 Å². The molecular weight excluding hydrogens is 288 g/mol. The fourth-order valence-corrected chi connectivity index (χ4v) is 3.25. The Morgan fingerprint density at radius 3 is 2.39 bits per heavy atom. The van der Waals surface area contributed by atoms with E-state index in [0.29, 0.717) is 23.4 Å². The minimum Gasteiger partial charge on any atom is -0.325 e. The van der Waals surface area contributed by atoms with Crippen LogP contribution in [0.5, 0.6) is 0 Å². The Labute approximate surface area is 139 Å². The average molecular weight is 316 g/mol. The van der Waals surface area contributed by atoms with Gasteiger partial charge < -0.3 is 10.6 Å². The van der Waals surface area contributed by atoms with E-state index in [2.05, 4.69) is 24.5 Å². The minimum atomic E-state index is -0.236. The van der Waals surface area contributed by atoms with Gasteiger partial charge in [-0.3, -0.25) is 9.59 Å². The quantitative estimate of drug-likeness (QED) is 0.816. The van der Waals surface area contributed by atoms with Gasteiger partial charge in [-0.05, 0) is 56.4 Å². The maximum absolute atomic E-state index is 12.4. The molecule has 126 valence electrons. The van der Waals surface area contributed by atoms with E-state index in [9.17, 15) is 9.59 Å². The number of amides is 1. The summed E-state index contributed by atoms with van der Waals surface area (Å²) in [7, 11) is 0. The maximum Gasteiger partial charge on any atom is 0.241 e. The molecule has 0 aromatic heterocycles. The first kappa shape index (κ1) is 17.7. The zero-order valence-electron chi connectivity index (χ0n) is 14.6. The van der Waals surface area contributed by atoms with Crippen molar-refractivity contribution in [3.63, 3.8) is 0 Å². The number of benzene rings is 1. The van der Waals surface area contributed by atoms with Crippen LogP contribution < -0.4 is 10.6 Å². The molecule has 1 fully saturated rings. The summed E-state index contributed by atoms with van der Waals surface area (Å²) in [4.78, 5) is 23.6. The van der Waals surface area contributed by atoms with Crippen LogP contribution in [0.4, 0.5) is 5.69 Å². The second-order valence-corrected chi connectivity index (χ2v) is 6.88. The van der Waals surface area contributed by atoms with Crippen LogP contribution in [0, 0.1) is 11.8 Å². The molecule has 0 aliphatic heterocycles. The smallest absolute Gasteiger partial charge is 0.241 e. The molecule has 0 heterocycles. The van der Waals surface area contributed by atoms with E-state index in [0.717, 1.165) is 12.1 Å². The minimum absolute atomic E-state index is 0.0262. The molecular formula is C19H28N2O2. The van der Waals surface area contributed by atoms with Crippen LogP contribution in [0.15, 0.2) is 24.3 Å². The Morgan fingerprint density at radius 1 is 1.13 bits per heavy atom. The van der Waals surface area contributed by atoms with Crippen molar-refractivity contribution in [1.29, 1.82) is 0 Å².